The van der Waals surface area contributed by atoms with Crippen LogP contribution in [-0.2, 0) is 0 Å². The second-order valence-electron chi connectivity index (χ2n) is 15.4. The third-order valence-corrected chi connectivity index (χ3v) is 12.0. The van der Waals surface area contributed by atoms with Gasteiger partial charge in [-0.05, 0) is 171 Å². The SMILES string of the molecule is Cc1cc(-c2ccc3c(ccc4ccccc43)c2)c(C)cc1-c1cc(-c2ccc3c(ccc4ccccc43)c2)cc(-c2ccc3c(ccc4ccccc43)c2)c1. The van der Waals surface area contributed by atoms with Gasteiger partial charge in [-0.1, -0.05) is 158 Å². The van der Waals surface area contributed by atoms with Gasteiger partial charge in [0.15, 0.2) is 0 Å². The minimum absolute atomic E-state index is 1.22. The Balaban J connectivity index is 1.07. The molecule has 0 heterocycles. The van der Waals surface area contributed by atoms with E-state index >= 15 is 0 Å². The van der Waals surface area contributed by atoms with E-state index in [9.17, 15) is 0 Å². The Morgan fingerprint density at radius 2 is 0.536 bits per heavy atom. The molecule has 11 rings (SSSR count). The first kappa shape index (κ1) is 32.4. The fourth-order valence-corrected chi connectivity index (χ4v) is 9.12. The van der Waals surface area contributed by atoms with Gasteiger partial charge in [-0.15, -0.1) is 0 Å². The fraction of sp³-hybridized carbons (Fsp3) is 0.0357. The van der Waals surface area contributed by atoms with Gasteiger partial charge in [0.2, 0.25) is 0 Å². The van der Waals surface area contributed by atoms with Gasteiger partial charge in [0.25, 0.3) is 0 Å². The minimum atomic E-state index is 1.22. The van der Waals surface area contributed by atoms with E-state index in [1.54, 1.807) is 0 Å². The van der Waals surface area contributed by atoms with Gasteiger partial charge < -0.3 is 0 Å². The zero-order valence-corrected chi connectivity index (χ0v) is 31.5. The highest BCUT2D eigenvalue weighted by atomic mass is 14.2. The summed E-state index contributed by atoms with van der Waals surface area (Å²) in [4.78, 5) is 0. The van der Waals surface area contributed by atoms with Crippen molar-refractivity contribution < 1.29 is 0 Å². The summed E-state index contributed by atoms with van der Waals surface area (Å²) in [5.41, 5.74) is 12.4. The first-order chi connectivity index (χ1) is 27.5. The first-order valence-corrected chi connectivity index (χ1v) is 19.6. The Morgan fingerprint density at radius 1 is 0.214 bits per heavy atom. The van der Waals surface area contributed by atoms with E-state index in [1.165, 1.54) is 120 Å². The predicted octanol–water partition coefficient (Wildman–Crippen LogP) is 15.9. The summed E-state index contributed by atoms with van der Waals surface area (Å²) in [6.45, 7) is 4.52. The molecule has 0 bridgehead atoms. The van der Waals surface area contributed by atoms with Crippen LogP contribution < -0.4 is 0 Å². The molecule has 0 aromatic heterocycles. The monoisotopic (exact) mass is 710 g/mol. The Morgan fingerprint density at radius 3 is 0.982 bits per heavy atom. The predicted molar refractivity (Wildman–Crippen MR) is 243 cm³/mol. The zero-order chi connectivity index (χ0) is 37.3. The average Bonchev–Trinajstić information content (AvgIpc) is 3.26. The van der Waals surface area contributed by atoms with Crippen LogP contribution in [-0.4, -0.2) is 0 Å². The van der Waals surface area contributed by atoms with Gasteiger partial charge in [0.05, 0.1) is 0 Å². The Kier molecular flexibility index (Phi) is 7.41. The van der Waals surface area contributed by atoms with E-state index in [2.05, 4.69) is 208 Å². The maximum Gasteiger partial charge on any atom is -0.0105 e. The van der Waals surface area contributed by atoms with Crippen molar-refractivity contribution in [2.24, 2.45) is 0 Å². The summed E-state index contributed by atoms with van der Waals surface area (Å²) < 4.78 is 0. The molecule has 0 fully saturated rings. The lowest BCUT2D eigenvalue weighted by Crippen LogP contribution is -1.92. The molecule has 0 radical (unpaired) electrons. The highest BCUT2D eigenvalue weighted by Crippen LogP contribution is 2.40. The third kappa shape index (κ3) is 5.37. The lowest BCUT2D eigenvalue weighted by molar-refractivity contribution is 1.39. The van der Waals surface area contributed by atoms with Crippen LogP contribution in [0.1, 0.15) is 11.1 Å². The largest absolute Gasteiger partial charge is 0.0616 e. The topological polar surface area (TPSA) is 0 Å². The van der Waals surface area contributed by atoms with Crippen molar-refractivity contribution in [3.05, 3.63) is 205 Å². The molecule has 262 valence electrons. The molecule has 0 aliphatic heterocycles. The van der Waals surface area contributed by atoms with Crippen molar-refractivity contribution in [3.8, 4) is 44.5 Å². The van der Waals surface area contributed by atoms with Crippen molar-refractivity contribution in [1.82, 2.24) is 0 Å². The maximum absolute atomic E-state index is 2.40. The second-order valence-corrected chi connectivity index (χ2v) is 15.4. The second kappa shape index (κ2) is 12.8. The van der Waals surface area contributed by atoms with E-state index in [0.29, 0.717) is 0 Å². The molecule has 0 heteroatoms. The van der Waals surface area contributed by atoms with Crippen molar-refractivity contribution in [2.45, 2.75) is 13.8 Å². The van der Waals surface area contributed by atoms with Crippen LogP contribution >= 0.6 is 0 Å². The quantitative estimate of drug-likeness (QED) is 0.160. The Labute approximate surface area is 326 Å². The molecule has 0 saturated heterocycles. The molecule has 0 atom stereocenters. The van der Waals surface area contributed by atoms with Gasteiger partial charge in [0.1, 0.15) is 0 Å². The minimum Gasteiger partial charge on any atom is -0.0616 e. The molecule has 56 heavy (non-hydrogen) atoms. The molecular formula is C56H38. The van der Waals surface area contributed by atoms with E-state index in [4.69, 9.17) is 0 Å². The van der Waals surface area contributed by atoms with E-state index < -0.39 is 0 Å². The number of benzene rings is 11. The summed E-state index contributed by atoms with van der Waals surface area (Å²) in [6, 6.07) is 72.4. The molecule has 0 N–H and O–H groups in total. The first-order valence-electron chi connectivity index (χ1n) is 19.6. The molecule has 0 nitrogen and oxygen atoms in total. The lowest BCUT2D eigenvalue weighted by atomic mass is 9.87. The summed E-state index contributed by atoms with van der Waals surface area (Å²) in [6.07, 6.45) is 0. The number of rotatable bonds is 4. The Bertz CT molecular complexity index is 3240. The molecule has 0 spiro atoms. The van der Waals surface area contributed by atoms with Crippen molar-refractivity contribution >= 4 is 64.6 Å². The van der Waals surface area contributed by atoms with Gasteiger partial charge in [-0.25, -0.2) is 0 Å². The maximum atomic E-state index is 2.40. The molecule has 11 aromatic rings. The molecule has 0 unspecified atom stereocenters. The Hall–Kier alpha value is -7.02. The van der Waals surface area contributed by atoms with Crippen molar-refractivity contribution in [2.75, 3.05) is 0 Å². The number of hydrogen-bond acceptors (Lipinski definition) is 0. The number of hydrogen-bond donors (Lipinski definition) is 0. The molecular weight excluding hydrogens is 673 g/mol. The number of fused-ring (bicyclic) bond motifs is 9. The molecule has 0 aliphatic rings. The van der Waals surface area contributed by atoms with Crippen LogP contribution in [0.15, 0.2) is 194 Å². The summed E-state index contributed by atoms with van der Waals surface area (Å²) >= 11 is 0. The highest BCUT2D eigenvalue weighted by molar-refractivity contribution is 6.11. The van der Waals surface area contributed by atoms with Crippen LogP contribution in [0.25, 0.3) is 109 Å². The van der Waals surface area contributed by atoms with E-state index in [-0.39, 0.29) is 0 Å². The highest BCUT2D eigenvalue weighted by Gasteiger charge is 2.14. The summed E-state index contributed by atoms with van der Waals surface area (Å²) in [7, 11) is 0. The van der Waals surface area contributed by atoms with Gasteiger partial charge in [0, 0.05) is 0 Å². The molecule has 0 saturated carbocycles. The number of aryl methyl sites for hydroxylation is 2. The van der Waals surface area contributed by atoms with Gasteiger partial charge >= 0.3 is 0 Å². The lowest BCUT2D eigenvalue weighted by Gasteiger charge is -2.17. The van der Waals surface area contributed by atoms with Gasteiger partial charge in [-0.3, -0.25) is 0 Å². The van der Waals surface area contributed by atoms with Crippen LogP contribution in [0.3, 0.4) is 0 Å². The fourth-order valence-electron chi connectivity index (χ4n) is 9.12. The molecule has 0 aliphatic carbocycles. The zero-order valence-electron chi connectivity index (χ0n) is 31.5. The van der Waals surface area contributed by atoms with Crippen LogP contribution in [0.2, 0.25) is 0 Å². The smallest absolute Gasteiger partial charge is 0.0105 e. The van der Waals surface area contributed by atoms with Crippen molar-refractivity contribution in [3.63, 3.8) is 0 Å². The van der Waals surface area contributed by atoms with E-state index in [1.807, 2.05) is 0 Å². The average molecular weight is 711 g/mol. The third-order valence-electron chi connectivity index (χ3n) is 12.0. The summed E-state index contributed by atoms with van der Waals surface area (Å²) in [5, 5.41) is 15.4. The van der Waals surface area contributed by atoms with Crippen molar-refractivity contribution in [1.29, 1.82) is 0 Å². The summed E-state index contributed by atoms with van der Waals surface area (Å²) in [5.74, 6) is 0. The normalized spacial score (nSPS) is 11.8. The van der Waals surface area contributed by atoms with Crippen LogP contribution in [0, 0.1) is 13.8 Å². The molecule has 0 amide bonds. The standard InChI is InChI=1S/C56H38/c1-35-28-56(36(2)27-55(35)45-23-26-54-44(31-45)20-17-39-11-5-8-14-51(39)54)48-33-46(40-21-24-52-42(29-40)18-15-37-9-3-6-12-49(37)52)32-47(34-48)41-22-25-53-43(30-41)19-16-38-10-4-7-13-50(38)53/h3-34H,1-2H3. The van der Waals surface area contributed by atoms with E-state index in [0.717, 1.165) is 0 Å². The van der Waals surface area contributed by atoms with Gasteiger partial charge in [-0.2, -0.15) is 0 Å². The van der Waals surface area contributed by atoms with Crippen LogP contribution in [0.5, 0.6) is 0 Å². The molecule has 11 aromatic carbocycles. The van der Waals surface area contributed by atoms with Crippen LogP contribution in [0.4, 0.5) is 0 Å².